The number of carbonyl (C=O) groups excluding carboxylic acids is 1. The van der Waals surface area contributed by atoms with Gasteiger partial charge < -0.3 is 14.7 Å². The lowest BCUT2D eigenvalue weighted by Gasteiger charge is -2.33. The van der Waals surface area contributed by atoms with Crippen molar-refractivity contribution in [2.75, 3.05) is 56.0 Å². The number of carbonyl (C=O) groups is 1. The minimum absolute atomic E-state index is 0.0538. The van der Waals surface area contributed by atoms with Crippen molar-refractivity contribution >= 4 is 17.3 Å². The Hall–Kier alpha value is -2.38. The molecule has 1 aromatic carbocycles. The molecule has 30 heavy (non-hydrogen) atoms. The third-order valence-electron chi connectivity index (χ3n) is 6.02. The maximum Gasteiger partial charge on any atom is 0.238 e. The molecule has 3 heterocycles. The summed E-state index contributed by atoms with van der Waals surface area (Å²) in [6.07, 6.45) is 5.20. The molecule has 2 fully saturated rings. The predicted molar refractivity (Wildman–Crippen MR) is 119 cm³/mol. The first-order valence-corrected chi connectivity index (χ1v) is 11.2. The number of hydrogen-bond donors (Lipinski definition) is 1. The van der Waals surface area contributed by atoms with E-state index in [2.05, 4.69) is 37.3 Å². The fourth-order valence-corrected chi connectivity index (χ4v) is 4.32. The van der Waals surface area contributed by atoms with Gasteiger partial charge in [0.2, 0.25) is 5.91 Å². The highest BCUT2D eigenvalue weighted by atomic mass is 16.5. The van der Waals surface area contributed by atoms with Crippen molar-refractivity contribution in [3.8, 4) is 0 Å². The monoisotopic (exact) mass is 411 g/mol. The van der Waals surface area contributed by atoms with Gasteiger partial charge in [0.1, 0.15) is 5.76 Å². The Morgan fingerprint density at radius 1 is 0.967 bits per heavy atom. The van der Waals surface area contributed by atoms with Gasteiger partial charge in [0.25, 0.3) is 0 Å². The highest BCUT2D eigenvalue weighted by molar-refractivity contribution is 5.92. The second kappa shape index (κ2) is 10.1. The molecule has 162 valence electrons. The van der Waals surface area contributed by atoms with Crippen LogP contribution < -0.4 is 10.2 Å². The summed E-state index contributed by atoms with van der Waals surface area (Å²) >= 11 is 0. The van der Waals surface area contributed by atoms with Crippen LogP contribution >= 0.6 is 0 Å². The van der Waals surface area contributed by atoms with E-state index in [1.165, 1.54) is 31.4 Å². The van der Waals surface area contributed by atoms with Crippen molar-refractivity contribution in [2.45, 2.75) is 39.2 Å². The molecule has 2 saturated heterocycles. The van der Waals surface area contributed by atoms with E-state index < -0.39 is 0 Å². The van der Waals surface area contributed by atoms with Crippen LogP contribution in [0.5, 0.6) is 0 Å². The van der Waals surface area contributed by atoms with E-state index in [0.29, 0.717) is 6.54 Å². The van der Waals surface area contributed by atoms with Gasteiger partial charge >= 0.3 is 0 Å². The summed E-state index contributed by atoms with van der Waals surface area (Å²) in [5, 5.41) is 7.12. The number of hydrogen-bond acceptors (Lipinski definition) is 6. The molecule has 0 spiro atoms. The number of nitrogens with zero attached hydrogens (tertiary/aromatic N) is 4. The van der Waals surface area contributed by atoms with E-state index in [1.54, 1.807) is 0 Å². The molecule has 7 nitrogen and oxygen atoms in total. The van der Waals surface area contributed by atoms with Crippen LogP contribution in [0, 0.1) is 6.92 Å². The summed E-state index contributed by atoms with van der Waals surface area (Å²) in [6, 6.07) is 10.3. The molecule has 7 heteroatoms. The molecule has 1 N–H and O–H groups in total. The first-order valence-electron chi connectivity index (χ1n) is 11.2. The van der Waals surface area contributed by atoms with E-state index in [9.17, 15) is 4.79 Å². The zero-order valence-electron chi connectivity index (χ0n) is 18.0. The fraction of sp³-hybridized carbons (Fsp3) is 0.565. The van der Waals surface area contributed by atoms with Crippen LogP contribution in [0.25, 0.3) is 0 Å². The fourth-order valence-electron chi connectivity index (χ4n) is 4.32. The van der Waals surface area contributed by atoms with Crippen molar-refractivity contribution < 1.29 is 9.32 Å². The van der Waals surface area contributed by atoms with Crippen molar-refractivity contribution in [1.29, 1.82) is 0 Å². The summed E-state index contributed by atoms with van der Waals surface area (Å²) in [7, 11) is 0. The highest BCUT2D eigenvalue weighted by Gasteiger charge is 2.20. The van der Waals surface area contributed by atoms with Crippen molar-refractivity contribution in [3.05, 3.63) is 41.8 Å². The van der Waals surface area contributed by atoms with Gasteiger partial charge in [0.05, 0.1) is 12.2 Å². The number of amides is 1. The van der Waals surface area contributed by atoms with Gasteiger partial charge in [-0.15, -0.1) is 0 Å². The maximum atomic E-state index is 12.5. The Morgan fingerprint density at radius 3 is 2.27 bits per heavy atom. The lowest BCUT2D eigenvalue weighted by molar-refractivity contribution is -0.117. The number of aromatic nitrogens is 1. The Balaban J connectivity index is 1.20. The maximum absolute atomic E-state index is 12.5. The molecule has 0 saturated carbocycles. The molecule has 1 amide bonds. The van der Waals surface area contributed by atoms with Crippen molar-refractivity contribution in [2.24, 2.45) is 0 Å². The third kappa shape index (κ3) is 5.83. The molecule has 1 aromatic heterocycles. The molecular weight excluding hydrogens is 378 g/mol. The van der Waals surface area contributed by atoms with Gasteiger partial charge in [-0.3, -0.25) is 14.6 Å². The van der Waals surface area contributed by atoms with Gasteiger partial charge in [0.15, 0.2) is 0 Å². The van der Waals surface area contributed by atoms with Gasteiger partial charge in [0, 0.05) is 63.3 Å². The minimum atomic E-state index is 0.0538. The third-order valence-corrected chi connectivity index (χ3v) is 6.02. The molecule has 0 radical (unpaired) electrons. The number of piperazine rings is 1. The smallest absolute Gasteiger partial charge is 0.238 e. The number of aryl methyl sites for hydroxylation is 1. The van der Waals surface area contributed by atoms with E-state index in [1.807, 2.05) is 25.1 Å². The molecule has 0 bridgehead atoms. The van der Waals surface area contributed by atoms with E-state index in [-0.39, 0.29) is 5.91 Å². The summed E-state index contributed by atoms with van der Waals surface area (Å²) in [5.74, 6) is 0.901. The zero-order valence-corrected chi connectivity index (χ0v) is 18.0. The van der Waals surface area contributed by atoms with Gasteiger partial charge in [-0.25, -0.2) is 0 Å². The standard InChI is InChI=1S/C23H33N5O2/c1-19-16-21(25-30-19)17-26-12-14-27(15-13-26)18-23(29)24-20-6-8-22(9-7-20)28-10-4-2-3-5-11-28/h6-9,16H,2-5,10-15,17-18H2,1H3,(H,24,29). The second-order valence-electron chi connectivity index (χ2n) is 8.48. The minimum Gasteiger partial charge on any atom is -0.372 e. The number of rotatable bonds is 6. The summed E-state index contributed by atoms with van der Waals surface area (Å²) in [6.45, 7) is 9.06. The van der Waals surface area contributed by atoms with Crippen LogP contribution in [-0.2, 0) is 11.3 Å². The Morgan fingerprint density at radius 2 is 1.63 bits per heavy atom. The number of benzene rings is 1. The zero-order chi connectivity index (χ0) is 20.8. The summed E-state index contributed by atoms with van der Waals surface area (Å²) in [5.41, 5.74) is 3.11. The lowest BCUT2D eigenvalue weighted by Crippen LogP contribution is -2.48. The quantitative estimate of drug-likeness (QED) is 0.788. The second-order valence-corrected chi connectivity index (χ2v) is 8.48. The van der Waals surface area contributed by atoms with Crippen LogP contribution in [-0.4, -0.2) is 66.7 Å². The SMILES string of the molecule is Cc1cc(CN2CCN(CC(=O)Nc3ccc(N4CCCCCC4)cc3)CC2)no1. The molecular formula is C23H33N5O2. The predicted octanol–water partition coefficient (Wildman–Crippen LogP) is 3.12. The average molecular weight is 412 g/mol. The molecule has 2 aromatic rings. The highest BCUT2D eigenvalue weighted by Crippen LogP contribution is 2.21. The van der Waals surface area contributed by atoms with Crippen LogP contribution in [0.4, 0.5) is 11.4 Å². The van der Waals surface area contributed by atoms with Gasteiger partial charge in [-0.2, -0.15) is 0 Å². The molecule has 0 aliphatic carbocycles. The Kier molecular flexibility index (Phi) is 7.02. The number of anilines is 2. The van der Waals surface area contributed by atoms with Crippen molar-refractivity contribution in [3.63, 3.8) is 0 Å². The van der Waals surface area contributed by atoms with Crippen LogP contribution in [0.3, 0.4) is 0 Å². The van der Waals surface area contributed by atoms with Crippen LogP contribution in [0.15, 0.2) is 34.9 Å². The first-order chi connectivity index (χ1) is 14.7. The molecule has 2 aliphatic rings. The Labute approximate surface area is 179 Å². The van der Waals surface area contributed by atoms with Gasteiger partial charge in [-0.1, -0.05) is 18.0 Å². The Bertz CT molecular complexity index is 803. The largest absolute Gasteiger partial charge is 0.372 e. The van der Waals surface area contributed by atoms with Gasteiger partial charge in [-0.05, 0) is 44.0 Å². The van der Waals surface area contributed by atoms with E-state index >= 15 is 0 Å². The summed E-state index contributed by atoms with van der Waals surface area (Å²) in [4.78, 5) is 19.5. The summed E-state index contributed by atoms with van der Waals surface area (Å²) < 4.78 is 5.14. The van der Waals surface area contributed by atoms with E-state index in [0.717, 1.165) is 63.0 Å². The molecule has 2 aliphatic heterocycles. The number of nitrogens with one attached hydrogen (secondary N) is 1. The molecule has 4 rings (SSSR count). The van der Waals surface area contributed by atoms with Crippen LogP contribution in [0.2, 0.25) is 0 Å². The molecule has 0 unspecified atom stereocenters. The first kappa shape index (κ1) is 20.9. The van der Waals surface area contributed by atoms with Crippen molar-refractivity contribution in [1.82, 2.24) is 15.0 Å². The van der Waals surface area contributed by atoms with E-state index in [4.69, 9.17) is 4.52 Å². The van der Waals surface area contributed by atoms with Crippen LogP contribution in [0.1, 0.15) is 37.1 Å². The average Bonchev–Trinajstić information content (AvgIpc) is 2.98. The lowest BCUT2D eigenvalue weighted by atomic mass is 10.2. The normalized spacial score (nSPS) is 18.9. The topological polar surface area (TPSA) is 64.8 Å². The molecule has 0 atom stereocenters.